The van der Waals surface area contributed by atoms with E-state index in [1.54, 1.807) is 11.0 Å². The second-order valence-electron chi connectivity index (χ2n) is 7.68. The van der Waals surface area contributed by atoms with Crippen LogP contribution in [-0.2, 0) is 23.2 Å². The van der Waals surface area contributed by atoms with Crippen LogP contribution in [0.3, 0.4) is 0 Å². The largest absolute Gasteiger partial charge is 0.322 e. The Balaban J connectivity index is 1.44. The zero-order valence-corrected chi connectivity index (χ0v) is 16.5. The molecule has 2 aromatic carbocycles. The minimum absolute atomic E-state index is 0.169. The van der Waals surface area contributed by atoms with Crippen molar-refractivity contribution >= 4 is 17.7 Å². The number of nitrogens with one attached hydrogen (secondary N) is 1. The molecule has 2 aliphatic rings. The Hall–Kier alpha value is -3.74. The Morgan fingerprint density at radius 2 is 1.80 bits per heavy atom. The molecule has 2 aliphatic heterocycles. The first kappa shape index (κ1) is 18.3. The van der Waals surface area contributed by atoms with Crippen molar-refractivity contribution in [1.29, 1.82) is 0 Å². The molecule has 1 aromatic heterocycles. The SMILES string of the molecule is Cn1nc(-c2ccc3c(c2)CN(C2CCC(=O)NC2=O)C3=O)cc1-c1ccccc1. The lowest BCUT2D eigenvalue weighted by atomic mass is 10.0. The van der Waals surface area contributed by atoms with E-state index in [1.807, 2.05) is 60.3 Å². The van der Waals surface area contributed by atoms with Gasteiger partial charge in [-0.15, -0.1) is 0 Å². The lowest BCUT2D eigenvalue weighted by Gasteiger charge is -2.29. The first-order valence-corrected chi connectivity index (χ1v) is 9.88. The van der Waals surface area contributed by atoms with Gasteiger partial charge in [-0.25, -0.2) is 0 Å². The van der Waals surface area contributed by atoms with Gasteiger partial charge < -0.3 is 4.90 Å². The van der Waals surface area contributed by atoms with Gasteiger partial charge in [0.05, 0.1) is 11.4 Å². The molecule has 0 saturated carbocycles. The minimum atomic E-state index is -0.606. The molecule has 1 atom stereocenters. The zero-order chi connectivity index (χ0) is 20.8. The van der Waals surface area contributed by atoms with E-state index in [1.165, 1.54) is 0 Å². The fourth-order valence-corrected chi connectivity index (χ4v) is 4.22. The highest BCUT2D eigenvalue weighted by Crippen LogP contribution is 2.32. The lowest BCUT2D eigenvalue weighted by molar-refractivity contribution is -0.136. The van der Waals surface area contributed by atoms with E-state index in [0.717, 1.165) is 28.1 Å². The van der Waals surface area contributed by atoms with Gasteiger partial charge in [-0.3, -0.25) is 24.4 Å². The summed E-state index contributed by atoms with van der Waals surface area (Å²) in [5.74, 6) is -0.853. The quantitative estimate of drug-likeness (QED) is 0.685. The molecule has 1 fully saturated rings. The molecule has 0 spiro atoms. The van der Waals surface area contributed by atoms with E-state index in [9.17, 15) is 14.4 Å². The summed E-state index contributed by atoms with van der Waals surface area (Å²) < 4.78 is 1.85. The normalized spacial score (nSPS) is 18.5. The zero-order valence-electron chi connectivity index (χ0n) is 16.5. The van der Waals surface area contributed by atoms with Crippen LogP contribution in [0.4, 0.5) is 0 Å². The topological polar surface area (TPSA) is 84.3 Å². The minimum Gasteiger partial charge on any atom is -0.322 e. The second kappa shape index (κ2) is 6.95. The molecule has 3 aromatic rings. The van der Waals surface area contributed by atoms with Crippen LogP contribution in [0, 0.1) is 0 Å². The standard InChI is InChI=1S/C23H20N4O3/c1-26-20(14-5-3-2-4-6-14)12-18(25-26)15-7-8-17-16(11-15)13-27(23(17)30)19-9-10-21(28)24-22(19)29/h2-8,11-12,19H,9-10,13H2,1H3,(H,24,28,29). The van der Waals surface area contributed by atoms with Gasteiger partial charge in [-0.2, -0.15) is 5.10 Å². The Morgan fingerprint density at radius 3 is 2.57 bits per heavy atom. The fourth-order valence-electron chi connectivity index (χ4n) is 4.22. The molecule has 1 saturated heterocycles. The first-order valence-electron chi connectivity index (χ1n) is 9.88. The summed E-state index contributed by atoms with van der Waals surface area (Å²) >= 11 is 0. The van der Waals surface area contributed by atoms with E-state index in [2.05, 4.69) is 10.4 Å². The first-order chi connectivity index (χ1) is 14.5. The lowest BCUT2D eigenvalue weighted by Crippen LogP contribution is -2.52. The number of carbonyl (C=O) groups excluding carboxylic acids is 3. The Labute approximate surface area is 173 Å². The summed E-state index contributed by atoms with van der Waals surface area (Å²) in [5, 5.41) is 6.98. The number of aromatic nitrogens is 2. The second-order valence-corrected chi connectivity index (χ2v) is 7.68. The average molecular weight is 400 g/mol. The van der Waals surface area contributed by atoms with Crippen LogP contribution in [0.15, 0.2) is 54.6 Å². The maximum Gasteiger partial charge on any atom is 0.255 e. The van der Waals surface area contributed by atoms with E-state index < -0.39 is 11.9 Å². The maximum absolute atomic E-state index is 12.9. The molecule has 30 heavy (non-hydrogen) atoms. The third-order valence-corrected chi connectivity index (χ3v) is 5.77. The summed E-state index contributed by atoms with van der Waals surface area (Å²) in [7, 11) is 1.91. The molecule has 3 heterocycles. The van der Waals surface area contributed by atoms with Crippen molar-refractivity contribution in [3.8, 4) is 22.5 Å². The van der Waals surface area contributed by atoms with Crippen LogP contribution in [0.25, 0.3) is 22.5 Å². The number of imide groups is 1. The van der Waals surface area contributed by atoms with Gasteiger partial charge in [-0.05, 0) is 35.7 Å². The van der Waals surface area contributed by atoms with Crippen LogP contribution >= 0.6 is 0 Å². The van der Waals surface area contributed by atoms with Crippen LogP contribution in [0.2, 0.25) is 0 Å². The molecule has 7 heteroatoms. The number of hydrogen-bond donors (Lipinski definition) is 1. The van der Waals surface area contributed by atoms with Crippen molar-refractivity contribution < 1.29 is 14.4 Å². The molecule has 3 amide bonds. The van der Waals surface area contributed by atoms with Gasteiger partial charge in [0.25, 0.3) is 5.91 Å². The molecule has 0 aliphatic carbocycles. The maximum atomic E-state index is 12.9. The van der Waals surface area contributed by atoms with Gasteiger partial charge in [0, 0.05) is 31.1 Å². The Kier molecular flexibility index (Phi) is 4.24. The molecule has 7 nitrogen and oxygen atoms in total. The Bertz CT molecular complexity index is 1180. The highest BCUT2D eigenvalue weighted by atomic mass is 16.2. The highest BCUT2D eigenvalue weighted by molar-refractivity contribution is 6.05. The third kappa shape index (κ3) is 2.99. The van der Waals surface area contributed by atoms with Crippen LogP contribution in [0.1, 0.15) is 28.8 Å². The number of rotatable bonds is 3. The van der Waals surface area contributed by atoms with E-state index in [4.69, 9.17) is 0 Å². The van der Waals surface area contributed by atoms with Gasteiger partial charge in [-0.1, -0.05) is 36.4 Å². The molecule has 0 bridgehead atoms. The van der Waals surface area contributed by atoms with Crippen molar-refractivity contribution in [2.24, 2.45) is 7.05 Å². The molecule has 1 unspecified atom stereocenters. The number of benzene rings is 2. The van der Waals surface area contributed by atoms with Gasteiger partial charge in [0.1, 0.15) is 6.04 Å². The Morgan fingerprint density at radius 1 is 1.00 bits per heavy atom. The highest BCUT2D eigenvalue weighted by Gasteiger charge is 2.39. The average Bonchev–Trinajstić information content (AvgIpc) is 3.29. The van der Waals surface area contributed by atoms with Crippen LogP contribution in [-0.4, -0.2) is 38.4 Å². The summed E-state index contributed by atoms with van der Waals surface area (Å²) in [6, 6.07) is 17.1. The van der Waals surface area contributed by atoms with Crippen molar-refractivity contribution in [2.45, 2.75) is 25.4 Å². The van der Waals surface area contributed by atoms with Crippen molar-refractivity contribution in [2.75, 3.05) is 0 Å². The number of amides is 3. The van der Waals surface area contributed by atoms with Gasteiger partial charge in [0.15, 0.2) is 0 Å². The number of aryl methyl sites for hydroxylation is 1. The van der Waals surface area contributed by atoms with E-state index in [0.29, 0.717) is 18.5 Å². The molecular formula is C23H20N4O3. The molecule has 0 radical (unpaired) electrons. The molecule has 1 N–H and O–H groups in total. The molecule has 5 rings (SSSR count). The monoisotopic (exact) mass is 400 g/mol. The molecular weight excluding hydrogens is 380 g/mol. The summed E-state index contributed by atoms with van der Waals surface area (Å²) in [6.45, 7) is 0.354. The number of piperidine rings is 1. The predicted molar refractivity (Wildman–Crippen MR) is 110 cm³/mol. The predicted octanol–water partition coefficient (Wildman–Crippen LogP) is 2.52. The van der Waals surface area contributed by atoms with Crippen molar-refractivity contribution in [3.05, 3.63) is 65.7 Å². The third-order valence-electron chi connectivity index (χ3n) is 5.77. The van der Waals surface area contributed by atoms with Crippen LogP contribution < -0.4 is 5.32 Å². The number of nitrogens with zero attached hydrogens (tertiary/aromatic N) is 3. The number of hydrogen-bond acceptors (Lipinski definition) is 4. The fraction of sp³-hybridized carbons (Fsp3) is 0.217. The van der Waals surface area contributed by atoms with Crippen LogP contribution in [0.5, 0.6) is 0 Å². The van der Waals surface area contributed by atoms with E-state index in [-0.39, 0.29) is 18.2 Å². The number of fused-ring (bicyclic) bond motifs is 1. The summed E-state index contributed by atoms with van der Waals surface area (Å²) in [4.78, 5) is 38.1. The van der Waals surface area contributed by atoms with Gasteiger partial charge >= 0.3 is 0 Å². The summed E-state index contributed by atoms with van der Waals surface area (Å²) in [6.07, 6.45) is 0.607. The smallest absolute Gasteiger partial charge is 0.255 e. The van der Waals surface area contributed by atoms with E-state index >= 15 is 0 Å². The molecule has 150 valence electrons. The summed E-state index contributed by atoms with van der Waals surface area (Å²) in [5.41, 5.74) is 5.30. The van der Waals surface area contributed by atoms with Crippen molar-refractivity contribution in [1.82, 2.24) is 20.0 Å². The van der Waals surface area contributed by atoms with Gasteiger partial charge in [0.2, 0.25) is 11.8 Å². The van der Waals surface area contributed by atoms with Crippen molar-refractivity contribution in [3.63, 3.8) is 0 Å². The number of carbonyl (C=O) groups is 3.